The normalized spacial score (nSPS) is 31.6. The van der Waals surface area contributed by atoms with Gasteiger partial charge in [-0.05, 0) is 32.1 Å². The van der Waals surface area contributed by atoms with Gasteiger partial charge >= 0.3 is 0 Å². The van der Waals surface area contributed by atoms with Crippen molar-refractivity contribution in [2.45, 2.75) is 45.1 Å². The first-order valence-electron chi connectivity index (χ1n) is 5.54. The smallest absolute Gasteiger partial charge is 0.0576 e. The van der Waals surface area contributed by atoms with Crippen LogP contribution in [0.5, 0.6) is 0 Å². The van der Waals surface area contributed by atoms with Gasteiger partial charge in [-0.2, -0.15) is 0 Å². The molecule has 0 bridgehead atoms. The molecule has 2 heteroatoms. The third kappa shape index (κ3) is 2.05. The second-order valence-electron chi connectivity index (χ2n) is 4.52. The average molecular weight is 184 g/mol. The number of hydrogen-bond donors (Lipinski definition) is 0. The van der Waals surface area contributed by atoms with E-state index in [1.807, 2.05) is 0 Å². The fourth-order valence-electron chi connectivity index (χ4n) is 2.26. The van der Waals surface area contributed by atoms with Crippen molar-refractivity contribution < 1.29 is 9.47 Å². The summed E-state index contributed by atoms with van der Waals surface area (Å²) in [5.74, 6) is 0. The van der Waals surface area contributed by atoms with Gasteiger partial charge in [0.15, 0.2) is 0 Å². The Morgan fingerprint density at radius 2 is 2.23 bits per heavy atom. The summed E-state index contributed by atoms with van der Waals surface area (Å²) in [7, 11) is 0. The molecule has 0 radical (unpaired) electrons. The first kappa shape index (κ1) is 9.47. The van der Waals surface area contributed by atoms with Crippen molar-refractivity contribution in [2.24, 2.45) is 5.41 Å². The van der Waals surface area contributed by atoms with E-state index in [1.54, 1.807) is 0 Å². The Bertz CT molecular complexity index is 152. The molecule has 76 valence electrons. The van der Waals surface area contributed by atoms with Crippen LogP contribution in [-0.4, -0.2) is 25.9 Å². The molecule has 1 atom stereocenters. The van der Waals surface area contributed by atoms with Gasteiger partial charge in [-0.15, -0.1) is 0 Å². The van der Waals surface area contributed by atoms with Crippen LogP contribution in [0.15, 0.2) is 0 Å². The van der Waals surface area contributed by atoms with E-state index >= 15 is 0 Å². The van der Waals surface area contributed by atoms with Crippen LogP contribution < -0.4 is 0 Å². The molecule has 0 aliphatic carbocycles. The predicted molar refractivity (Wildman–Crippen MR) is 51.8 cm³/mol. The molecule has 0 aromatic heterocycles. The van der Waals surface area contributed by atoms with Crippen LogP contribution in [0, 0.1) is 5.41 Å². The molecule has 2 fully saturated rings. The second kappa shape index (κ2) is 3.97. The highest BCUT2D eigenvalue weighted by Gasteiger charge is 2.37. The summed E-state index contributed by atoms with van der Waals surface area (Å²) < 4.78 is 10.9. The van der Waals surface area contributed by atoms with Gasteiger partial charge < -0.3 is 9.47 Å². The summed E-state index contributed by atoms with van der Waals surface area (Å²) in [6.07, 6.45) is 6.91. The highest BCUT2D eigenvalue weighted by molar-refractivity contribution is 4.85. The van der Waals surface area contributed by atoms with Crippen molar-refractivity contribution in [3.8, 4) is 0 Å². The van der Waals surface area contributed by atoms with Crippen molar-refractivity contribution in [1.82, 2.24) is 0 Å². The summed E-state index contributed by atoms with van der Waals surface area (Å²) in [6.45, 7) is 5.23. The van der Waals surface area contributed by atoms with Crippen LogP contribution in [-0.2, 0) is 9.47 Å². The van der Waals surface area contributed by atoms with E-state index in [1.165, 1.54) is 32.1 Å². The molecule has 0 saturated carbocycles. The van der Waals surface area contributed by atoms with E-state index in [4.69, 9.17) is 9.47 Å². The Balaban J connectivity index is 1.71. The summed E-state index contributed by atoms with van der Waals surface area (Å²) in [6, 6.07) is 0. The van der Waals surface area contributed by atoms with Gasteiger partial charge in [0.05, 0.1) is 19.3 Å². The minimum atomic E-state index is 0.520. The van der Waals surface area contributed by atoms with Crippen LogP contribution >= 0.6 is 0 Å². The Kier molecular flexibility index (Phi) is 2.89. The molecule has 0 aromatic rings. The van der Waals surface area contributed by atoms with Crippen LogP contribution in [0.4, 0.5) is 0 Å². The molecule has 2 saturated heterocycles. The zero-order chi connectivity index (χ0) is 9.15. The van der Waals surface area contributed by atoms with Crippen LogP contribution in [0.25, 0.3) is 0 Å². The Labute approximate surface area is 80.6 Å². The molecule has 0 spiro atoms. The van der Waals surface area contributed by atoms with Gasteiger partial charge in [-0.3, -0.25) is 0 Å². The van der Waals surface area contributed by atoms with E-state index in [0.29, 0.717) is 11.5 Å². The van der Waals surface area contributed by atoms with Crippen LogP contribution in [0.3, 0.4) is 0 Å². The molecule has 0 amide bonds. The highest BCUT2D eigenvalue weighted by Crippen LogP contribution is 2.37. The van der Waals surface area contributed by atoms with E-state index in [-0.39, 0.29) is 0 Å². The lowest BCUT2D eigenvalue weighted by molar-refractivity contribution is -0.123. The monoisotopic (exact) mass is 184 g/mol. The SMILES string of the molecule is CCC1(CCC2CCCO2)COC1. The minimum Gasteiger partial charge on any atom is -0.380 e. The highest BCUT2D eigenvalue weighted by atomic mass is 16.5. The number of ether oxygens (including phenoxy) is 2. The van der Waals surface area contributed by atoms with E-state index in [9.17, 15) is 0 Å². The summed E-state index contributed by atoms with van der Waals surface area (Å²) in [5.41, 5.74) is 0.520. The maximum absolute atomic E-state index is 5.62. The summed E-state index contributed by atoms with van der Waals surface area (Å²) in [5, 5.41) is 0. The molecule has 2 rings (SSSR count). The Morgan fingerprint density at radius 3 is 2.69 bits per heavy atom. The van der Waals surface area contributed by atoms with Crippen molar-refractivity contribution >= 4 is 0 Å². The standard InChI is InChI=1S/C11H20O2/c1-2-11(8-12-9-11)6-5-10-4-3-7-13-10/h10H,2-9H2,1H3. The molecular formula is C11H20O2. The minimum absolute atomic E-state index is 0.520. The Morgan fingerprint density at radius 1 is 1.38 bits per heavy atom. The number of rotatable bonds is 4. The number of hydrogen-bond acceptors (Lipinski definition) is 2. The first-order valence-corrected chi connectivity index (χ1v) is 5.54. The fourth-order valence-corrected chi connectivity index (χ4v) is 2.26. The molecule has 13 heavy (non-hydrogen) atoms. The van der Waals surface area contributed by atoms with E-state index < -0.39 is 0 Å². The average Bonchev–Trinajstić information content (AvgIpc) is 2.56. The first-order chi connectivity index (χ1) is 6.35. The van der Waals surface area contributed by atoms with Crippen molar-refractivity contribution in [2.75, 3.05) is 19.8 Å². The zero-order valence-corrected chi connectivity index (χ0v) is 8.55. The van der Waals surface area contributed by atoms with Gasteiger partial charge in [0.1, 0.15) is 0 Å². The van der Waals surface area contributed by atoms with Crippen LogP contribution in [0.2, 0.25) is 0 Å². The molecule has 1 unspecified atom stereocenters. The van der Waals surface area contributed by atoms with E-state index in [2.05, 4.69) is 6.92 Å². The van der Waals surface area contributed by atoms with Crippen molar-refractivity contribution in [3.63, 3.8) is 0 Å². The largest absolute Gasteiger partial charge is 0.380 e. The lowest BCUT2D eigenvalue weighted by Gasteiger charge is -2.41. The maximum Gasteiger partial charge on any atom is 0.0576 e. The Hall–Kier alpha value is -0.0800. The third-order valence-corrected chi connectivity index (χ3v) is 3.59. The van der Waals surface area contributed by atoms with E-state index in [0.717, 1.165) is 19.8 Å². The topological polar surface area (TPSA) is 18.5 Å². The van der Waals surface area contributed by atoms with Gasteiger partial charge in [0.2, 0.25) is 0 Å². The maximum atomic E-state index is 5.62. The molecule has 2 aliphatic heterocycles. The lowest BCUT2D eigenvalue weighted by atomic mass is 9.78. The van der Waals surface area contributed by atoms with Gasteiger partial charge in [-0.25, -0.2) is 0 Å². The van der Waals surface area contributed by atoms with Gasteiger partial charge in [0, 0.05) is 12.0 Å². The molecular weight excluding hydrogens is 164 g/mol. The van der Waals surface area contributed by atoms with Crippen molar-refractivity contribution in [3.05, 3.63) is 0 Å². The quantitative estimate of drug-likeness (QED) is 0.668. The fraction of sp³-hybridized carbons (Fsp3) is 1.00. The molecule has 0 N–H and O–H groups in total. The second-order valence-corrected chi connectivity index (χ2v) is 4.52. The van der Waals surface area contributed by atoms with Crippen LogP contribution in [0.1, 0.15) is 39.0 Å². The zero-order valence-electron chi connectivity index (χ0n) is 8.55. The molecule has 2 heterocycles. The van der Waals surface area contributed by atoms with Gasteiger partial charge in [0.25, 0.3) is 0 Å². The lowest BCUT2D eigenvalue weighted by Crippen LogP contribution is -2.42. The summed E-state index contributed by atoms with van der Waals surface area (Å²) >= 11 is 0. The van der Waals surface area contributed by atoms with Crippen molar-refractivity contribution in [1.29, 1.82) is 0 Å². The predicted octanol–water partition coefficient (Wildman–Crippen LogP) is 2.37. The molecule has 2 aliphatic rings. The summed E-state index contributed by atoms with van der Waals surface area (Å²) in [4.78, 5) is 0. The molecule has 0 aromatic carbocycles. The van der Waals surface area contributed by atoms with Gasteiger partial charge in [-0.1, -0.05) is 6.92 Å². The molecule has 2 nitrogen and oxygen atoms in total. The third-order valence-electron chi connectivity index (χ3n) is 3.59.